The molecule has 0 aliphatic heterocycles. The molecule has 1 aromatic heterocycles. The van der Waals surface area contributed by atoms with Crippen LogP contribution in [-0.4, -0.2) is 15.8 Å². The highest BCUT2D eigenvalue weighted by Gasteiger charge is 2.07. The van der Waals surface area contributed by atoms with E-state index in [1.807, 2.05) is 18.2 Å². The topological polar surface area (TPSA) is 42.9 Å². The lowest BCUT2D eigenvalue weighted by atomic mass is 10.1. The van der Waals surface area contributed by atoms with Gasteiger partial charge in [-0.3, -0.25) is 4.79 Å². The third-order valence-electron chi connectivity index (χ3n) is 2.53. The average molecular weight is 226 g/mol. The van der Waals surface area contributed by atoms with E-state index in [9.17, 15) is 4.79 Å². The minimum absolute atomic E-state index is 0.0153. The first-order valence-corrected chi connectivity index (χ1v) is 5.70. The Bertz CT molecular complexity index is 468. The Balaban J connectivity index is 1.82. The molecule has 3 nitrogen and oxygen atoms in total. The highest BCUT2D eigenvalue weighted by Crippen LogP contribution is 2.06. The second kappa shape index (κ2) is 5.89. The van der Waals surface area contributed by atoms with E-state index in [-0.39, 0.29) is 5.78 Å². The lowest BCUT2D eigenvalue weighted by molar-refractivity contribution is 0.0970. The highest BCUT2D eigenvalue weighted by molar-refractivity contribution is 5.92. The summed E-state index contributed by atoms with van der Waals surface area (Å²) in [7, 11) is 0. The van der Waals surface area contributed by atoms with Gasteiger partial charge in [0, 0.05) is 18.8 Å². The van der Waals surface area contributed by atoms with Crippen LogP contribution < -0.4 is 0 Å². The SMILES string of the molecule is O=C(CCCc1ccccc1)c1ncccn1. The summed E-state index contributed by atoms with van der Waals surface area (Å²) in [6, 6.07) is 11.9. The summed E-state index contributed by atoms with van der Waals surface area (Å²) in [5, 5.41) is 0. The number of Topliss-reactive ketones (excluding diaryl/α,β-unsaturated/α-hetero) is 1. The van der Waals surface area contributed by atoms with Crippen LogP contribution in [0.15, 0.2) is 48.8 Å². The van der Waals surface area contributed by atoms with Crippen molar-refractivity contribution in [3.05, 3.63) is 60.2 Å². The van der Waals surface area contributed by atoms with E-state index in [2.05, 4.69) is 22.1 Å². The third kappa shape index (κ3) is 3.48. The van der Waals surface area contributed by atoms with Gasteiger partial charge in [0.15, 0.2) is 11.6 Å². The zero-order chi connectivity index (χ0) is 11.9. The number of hydrogen-bond acceptors (Lipinski definition) is 3. The van der Waals surface area contributed by atoms with Gasteiger partial charge in [-0.05, 0) is 24.5 Å². The van der Waals surface area contributed by atoms with E-state index in [1.54, 1.807) is 18.5 Å². The molecule has 0 amide bonds. The molecule has 0 fully saturated rings. The number of ketones is 1. The Hall–Kier alpha value is -2.03. The number of carbonyl (C=O) groups excluding carboxylic acids is 1. The van der Waals surface area contributed by atoms with Crippen LogP contribution in [0.25, 0.3) is 0 Å². The molecule has 0 aliphatic carbocycles. The molecule has 0 unspecified atom stereocenters. The second-order valence-corrected chi connectivity index (χ2v) is 3.83. The molecule has 0 atom stereocenters. The van der Waals surface area contributed by atoms with Crippen LogP contribution in [0.4, 0.5) is 0 Å². The quantitative estimate of drug-likeness (QED) is 0.736. The smallest absolute Gasteiger partial charge is 0.200 e. The second-order valence-electron chi connectivity index (χ2n) is 3.83. The predicted molar refractivity (Wildman–Crippen MR) is 65.7 cm³/mol. The lowest BCUT2D eigenvalue weighted by Crippen LogP contribution is -2.04. The number of rotatable bonds is 5. The molecule has 3 heteroatoms. The summed E-state index contributed by atoms with van der Waals surface area (Å²) in [5.41, 5.74) is 1.26. The number of aryl methyl sites for hydroxylation is 1. The zero-order valence-electron chi connectivity index (χ0n) is 9.54. The van der Waals surface area contributed by atoms with Gasteiger partial charge in [0.1, 0.15) is 0 Å². The third-order valence-corrected chi connectivity index (χ3v) is 2.53. The number of hydrogen-bond donors (Lipinski definition) is 0. The number of nitrogens with zero attached hydrogens (tertiary/aromatic N) is 2. The molecule has 0 aliphatic rings. The molecule has 0 saturated heterocycles. The molecule has 2 aromatic rings. The van der Waals surface area contributed by atoms with E-state index < -0.39 is 0 Å². The van der Waals surface area contributed by atoms with E-state index in [4.69, 9.17) is 0 Å². The van der Waals surface area contributed by atoms with E-state index in [1.165, 1.54) is 5.56 Å². The monoisotopic (exact) mass is 226 g/mol. The van der Waals surface area contributed by atoms with Crippen molar-refractivity contribution in [1.82, 2.24) is 9.97 Å². The Kier molecular flexibility index (Phi) is 3.97. The van der Waals surface area contributed by atoms with Gasteiger partial charge in [-0.2, -0.15) is 0 Å². The van der Waals surface area contributed by atoms with Crippen LogP contribution in [0.3, 0.4) is 0 Å². The molecule has 1 heterocycles. The van der Waals surface area contributed by atoms with Crippen molar-refractivity contribution >= 4 is 5.78 Å². The van der Waals surface area contributed by atoms with Crippen molar-refractivity contribution < 1.29 is 4.79 Å². The van der Waals surface area contributed by atoms with Gasteiger partial charge >= 0.3 is 0 Å². The molecule has 0 N–H and O–H groups in total. The van der Waals surface area contributed by atoms with Gasteiger partial charge in [-0.1, -0.05) is 30.3 Å². The molecular weight excluding hydrogens is 212 g/mol. The normalized spacial score (nSPS) is 10.1. The van der Waals surface area contributed by atoms with Gasteiger partial charge in [0.2, 0.25) is 0 Å². The molecule has 17 heavy (non-hydrogen) atoms. The molecule has 86 valence electrons. The summed E-state index contributed by atoms with van der Waals surface area (Å²) in [4.78, 5) is 19.6. The fourth-order valence-electron chi connectivity index (χ4n) is 1.65. The zero-order valence-corrected chi connectivity index (χ0v) is 9.54. The Morgan fingerprint density at radius 3 is 2.41 bits per heavy atom. The number of aromatic nitrogens is 2. The molecule has 0 spiro atoms. The highest BCUT2D eigenvalue weighted by atomic mass is 16.1. The predicted octanol–water partition coefficient (Wildman–Crippen LogP) is 2.68. The minimum atomic E-state index is 0.0153. The van der Waals surface area contributed by atoms with Gasteiger partial charge < -0.3 is 0 Å². The van der Waals surface area contributed by atoms with Crippen molar-refractivity contribution in [2.45, 2.75) is 19.3 Å². The fraction of sp³-hybridized carbons (Fsp3) is 0.214. The first-order valence-electron chi connectivity index (χ1n) is 5.70. The largest absolute Gasteiger partial charge is 0.291 e. The van der Waals surface area contributed by atoms with Crippen LogP contribution >= 0.6 is 0 Å². The van der Waals surface area contributed by atoms with Crippen LogP contribution in [0.1, 0.15) is 29.0 Å². The van der Waals surface area contributed by atoms with Crippen molar-refractivity contribution in [1.29, 1.82) is 0 Å². The summed E-state index contributed by atoms with van der Waals surface area (Å²) in [5.74, 6) is 0.335. The lowest BCUT2D eigenvalue weighted by Gasteiger charge is -2.00. The van der Waals surface area contributed by atoms with E-state index in [0.29, 0.717) is 12.2 Å². The van der Waals surface area contributed by atoms with Crippen molar-refractivity contribution in [2.24, 2.45) is 0 Å². The van der Waals surface area contributed by atoms with Crippen molar-refractivity contribution in [3.63, 3.8) is 0 Å². The number of carbonyl (C=O) groups is 1. The van der Waals surface area contributed by atoms with E-state index >= 15 is 0 Å². The van der Waals surface area contributed by atoms with Gasteiger partial charge in [0.05, 0.1) is 0 Å². The summed E-state index contributed by atoms with van der Waals surface area (Å²) < 4.78 is 0. The minimum Gasteiger partial charge on any atom is -0.291 e. The van der Waals surface area contributed by atoms with Gasteiger partial charge in [0.25, 0.3) is 0 Å². The Morgan fingerprint density at radius 2 is 1.71 bits per heavy atom. The summed E-state index contributed by atoms with van der Waals surface area (Å²) in [6.45, 7) is 0. The van der Waals surface area contributed by atoms with Crippen molar-refractivity contribution in [3.8, 4) is 0 Å². The number of benzene rings is 1. The van der Waals surface area contributed by atoms with Crippen LogP contribution in [0, 0.1) is 0 Å². The molecule has 2 rings (SSSR count). The standard InChI is InChI=1S/C14H14N2O/c17-13(14-15-10-5-11-16-14)9-4-8-12-6-2-1-3-7-12/h1-3,5-7,10-11H,4,8-9H2. The maximum atomic E-state index is 11.7. The van der Waals surface area contributed by atoms with Crippen LogP contribution in [0.5, 0.6) is 0 Å². The first-order chi connectivity index (χ1) is 8.36. The maximum absolute atomic E-state index is 11.7. The fourth-order valence-corrected chi connectivity index (χ4v) is 1.65. The summed E-state index contributed by atoms with van der Waals surface area (Å²) >= 11 is 0. The summed E-state index contributed by atoms with van der Waals surface area (Å²) in [6.07, 6.45) is 5.44. The van der Waals surface area contributed by atoms with Crippen molar-refractivity contribution in [2.75, 3.05) is 0 Å². The maximum Gasteiger partial charge on any atom is 0.200 e. The van der Waals surface area contributed by atoms with Gasteiger partial charge in [-0.25, -0.2) is 9.97 Å². The van der Waals surface area contributed by atoms with Crippen LogP contribution in [-0.2, 0) is 6.42 Å². The molecule has 0 saturated carbocycles. The molecule has 0 bridgehead atoms. The van der Waals surface area contributed by atoms with Crippen LogP contribution in [0.2, 0.25) is 0 Å². The molecular formula is C14H14N2O. The van der Waals surface area contributed by atoms with E-state index in [0.717, 1.165) is 12.8 Å². The molecule has 1 aromatic carbocycles. The molecule has 0 radical (unpaired) electrons. The Morgan fingerprint density at radius 1 is 1.00 bits per heavy atom. The van der Waals surface area contributed by atoms with Gasteiger partial charge in [-0.15, -0.1) is 0 Å². The Labute approximate surface area is 101 Å². The first kappa shape index (κ1) is 11.5. The average Bonchev–Trinajstić information content (AvgIpc) is 2.41.